The molecule has 2 aromatic carbocycles. The van der Waals surface area contributed by atoms with Crippen LogP contribution >= 0.6 is 0 Å². The minimum absolute atomic E-state index is 0.196. The van der Waals surface area contributed by atoms with Crippen LogP contribution in [0, 0.1) is 5.82 Å². The highest BCUT2D eigenvalue weighted by Gasteiger charge is 2.13. The lowest BCUT2D eigenvalue weighted by molar-refractivity contribution is 0.248. The number of fused-ring (bicyclic) bond motifs is 1. The van der Waals surface area contributed by atoms with E-state index in [-0.39, 0.29) is 5.82 Å². The van der Waals surface area contributed by atoms with Gasteiger partial charge in [0.05, 0.1) is 0 Å². The Morgan fingerprint density at radius 2 is 1.59 bits per heavy atom. The highest BCUT2D eigenvalue weighted by atomic mass is 19.1. The molecule has 0 radical (unpaired) electrons. The molecule has 0 bridgehead atoms. The Labute approximate surface area is 158 Å². The highest BCUT2D eigenvalue weighted by molar-refractivity contribution is 5.84. The first-order valence-corrected chi connectivity index (χ1v) is 9.08. The fourth-order valence-electron chi connectivity index (χ4n) is 3.57. The minimum atomic E-state index is -0.196. The van der Waals surface area contributed by atoms with Crippen molar-refractivity contribution >= 4 is 10.9 Å². The van der Waals surface area contributed by atoms with Crippen molar-refractivity contribution in [1.82, 2.24) is 14.5 Å². The molecule has 2 aromatic heterocycles. The number of halogens is 1. The maximum absolute atomic E-state index is 13.8. The van der Waals surface area contributed by atoms with Gasteiger partial charge in [-0.2, -0.15) is 0 Å². The fraction of sp³-hybridized carbons (Fsp3) is 0.174. The summed E-state index contributed by atoms with van der Waals surface area (Å²) >= 11 is 0. The zero-order chi connectivity index (χ0) is 18.6. The summed E-state index contributed by atoms with van der Waals surface area (Å²) in [5, 5.41) is 0.977. The predicted molar refractivity (Wildman–Crippen MR) is 107 cm³/mol. The van der Waals surface area contributed by atoms with E-state index < -0.39 is 0 Å². The van der Waals surface area contributed by atoms with Gasteiger partial charge in [0.2, 0.25) is 0 Å². The molecule has 0 saturated carbocycles. The van der Waals surface area contributed by atoms with Crippen LogP contribution in [0.5, 0.6) is 0 Å². The lowest BCUT2D eigenvalue weighted by Gasteiger charge is -2.22. The molecule has 4 rings (SSSR count). The van der Waals surface area contributed by atoms with Gasteiger partial charge in [-0.3, -0.25) is 9.88 Å². The Morgan fingerprint density at radius 1 is 0.889 bits per heavy atom. The van der Waals surface area contributed by atoms with E-state index in [9.17, 15) is 4.39 Å². The molecule has 0 amide bonds. The maximum atomic E-state index is 13.8. The quantitative estimate of drug-likeness (QED) is 0.487. The number of pyridine rings is 1. The second-order valence-electron chi connectivity index (χ2n) is 6.91. The molecule has 0 aliphatic heterocycles. The summed E-state index contributed by atoms with van der Waals surface area (Å²) in [5.74, 6) is -0.196. The summed E-state index contributed by atoms with van der Waals surface area (Å²) in [5.41, 5.74) is 4.66. The van der Waals surface area contributed by atoms with Crippen molar-refractivity contribution in [3.05, 3.63) is 102 Å². The van der Waals surface area contributed by atoms with Crippen LogP contribution in [-0.2, 0) is 26.7 Å². The van der Waals surface area contributed by atoms with Crippen LogP contribution in [0.1, 0.15) is 16.7 Å². The summed E-state index contributed by atoms with van der Waals surface area (Å²) in [6.45, 7) is 2.38. The molecular formula is C23H22FN3. The molecule has 0 N–H and O–H groups in total. The van der Waals surface area contributed by atoms with Crippen molar-refractivity contribution in [2.75, 3.05) is 0 Å². The van der Waals surface area contributed by atoms with Crippen molar-refractivity contribution in [3.63, 3.8) is 0 Å². The monoisotopic (exact) mass is 359 g/mol. The summed E-state index contributed by atoms with van der Waals surface area (Å²) in [7, 11) is 2.01. The van der Waals surface area contributed by atoms with E-state index in [0.29, 0.717) is 0 Å². The van der Waals surface area contributed by atoms with E-state index in [4.69, 9.17) is 0 Å². The van der Waals surface area contributed by atoms with Crippen molar-refractivity contribution in [3.8, 4) is 0 Å². The normalized spacial score (nSPS) is 11.4. The molecule has 3 nitrogen and oxygen atoms in total. The largest absolute Gasteiger partial charge is 0.350 e. The van der Waals surface area contributed by atoms with Crippen molar-refractivity contribution in [2.45, 2.75) is 19.6 Å². The van der Waals surface area contributed by atoms with Gasteiger partial charge in [0.25, 0.3) is 0 Å². The van der Waals surface area contributed by atoms with Gasteiger partial charge in [-0.1, -0.05) is 30.3 Å². The third-order valence-electron chi connectivity index (χ3n) is 4.83. The summed E-state index contributed by atoms with van der Waals surface area (Å²) < 4.78 is 15.9. The zero-order valence-electron chi connectivity index (χ0n) is 15.3. The van der Waals surface area contributed by atoms with Crippen molar-refractivity contribution < 1.29 is 4.39 Å². The van der Waals surface area contributed by atoms with Crippen LogP contribution in [0.25, 0.3) is 10.9 Å². The maximum Gasteiger partial charge on any atom is 0.123 e. The Bertz CT molecular complexity index is 984. The molecule has 0 atom stereocenters. The molecule has 0 aliphatic carbocycles. The average Bonchev–Trinajstić information content (AvgIpc) is 2.98. The Balaban J connectivity index is 1.65. The third kappa shape index (κ3) is 4.07. The Morgan fingerprint density at radius 3 is 2.33 bits per heavy atom. The van der Waals surface area contributed by atoms with Gasteiger partial charge in [-0.05, 0) is 47.0 Å². The van der Waals surface area contributed by atoms with Gasteiger partial charge < -0.3 is 4.57 Å². The van der Waals surface area contributed by atoms with E-state index in [1.165, 1.54) is 17.2 Å². The van der Waals surface area contributed by atoms with E-state index >= 15 is 0 Å². The minimum Gasteiger partial charge on any atom is -0.350 e. The fourth-order valence-corrected chi connectivity index (χ4v) is 3.57. The van der Waals surface area contributed by atoms with Crippen LogP contribution in [0.2, 0.25) is 0 Å². The van der Waals surface area contributed by atoms with Crippen molar-refractivity contribution in [1.29, 1.82) is 0 Å². The van der Waals surface area contributed by atoms with Gasteiger partial charge in [0.1, 0.15) is 5.82 Å². The zero-order valence-corrected chi connectivity index (χ0v) is 15.3. The molecule has 4 aromatic rings. The number of aromatic nitrogens is 2. The van der Waals surface area contributed by atoms with E-state index in [2.05, 4.69) is 44.9 Å². The van der Waals surface area contributed by atoms with E-state index in [0.717, 1.165) is 36.1 Å². The second kappa shape index (κ2) is 7.72. The predicted octanol–water partition coefficient (Wildman–Crippen LogP) is 4.91. The summed E-state index contributed by atoms with van der Waals surface area (Å²) in [6.07, 6.45) is 5.75. The van der Waals surface area contributed by atoms with Crippen LogP contribution < -0.4 is 0 Å². The van der Waals surface area contributed by atoms with Gasteiger partial charge in [0, 0.05) is 56.2 Å². The number of rotatable bonds is 6. The number of benzene rings is 2. The first kappa shape index (κ1) is 17.4. The molecule has 4 heteroatoms. The van der Waals surface area contributed by atoms with Crippen molar-refractivity contribution in [2.24, 2.45) is 7.05 Å². The number of aryl methyl sites for hydroxylation is 1. The SMILES string of the molecule is Cn1cc(CN(Cc2ccccc2)Cc2ccncc2)c2cc(F)ccc21. The van der Waals surface area contributed by atoms with Gasteiger partial charge in [-0.15, -0.1) is 0 Å². The Kier molecular flexibility index (Phi) is 4.99. The lowest BCUT2D eigenvalue weighted by Crippen LogP contribution is -2.22. The molecular weight excluding hydrogens is 337 g/mol. The number of hydrogen-bond donors (Lipinski definition) is 0. The van der Waals surface area contributed by atoms with Gasteiger partial charge in [0.15, 0.2) is 0 Å². The van der Waals surface area contributed by atoms with Gasteiger partial charge in [-0.25, -0.2) is 4.39 Å². The first-order chi connectivity index (χ1) is 13.2. The van der Waals surface area contributed by atoms with Gasteiger partial charge >= 0.3 is 0 Å². The molecule has 136 valence electrons. The van der Waals surface area contributed by atoms with Crippen LogP contribution in [0.4, 0.5) is 4.39 Å². The van der Waals surface area contributed by atoms with Crippen LogP contribution in [-0.4, -0.2) is 14.5 Å². The molecule has 0 aliphatic rings. The Hall–Kier alpha value is -2.98. The lowest BCUT2D eigenvalue weighted by atomic mass is 10.1. The third-order valence-corrected chi connectivity index (χ3v) is 4.83. The smallest absolute Gasteiger partial charge is 0.123 e. The average molecular weight is 359 g/mol. The summed E-state index contributed by atoms with van der Waals surface area (Å²) in [4.78, 5) is 6.49. The second-order valence-corrected chi connectivity index (χ2v) is 6.91. The standard InChI is InChI=1S/C23H22FN3/c1-26-16-20(22-13-21(24)7-8-23(22)26)17-27(14-18-5-3-2-4-6-18)15-19-9-11-25-12-10-19/h2-13,16H,14-15,17H2,1H3. The highest BCUT2D eigenvalue weighted by Crippen LogP contribution is 2.24. The topological polar surface area (TPSA) is 21.1 Å². The van der Waals surface area contributed by atoms with Crippen LogP contribution in [0.15, 0.2) is 79.3 Å². The van der Waals surface area contributed by atoms with Crippen LogP contribution in [0.3, 0.4) is 0 Å². The molecule has 0 saturated heterocycles. The molecule has 0 unspecified atom stereocenters. The molecule has 2 heterocycles. The molecule has 0 fully saturated rings. The first-order valence-electron chi connectivity index (χ1n) is 9.08. The van der Waals surface area contributed by atoms with E-state index in [1.807, 2.05) is 43.7 Å². The molecule has 27 heavy (non-hydrogen) atoms. The molecule has 0 spiro atoms. The number of hydrogen-bond acceptors (Lipinski definition) is 2. The number of nitrogens with zero attached hydrogens (tertiary/aromatic N) is 3. The summed E-state index contributed by atoms with van der Waals surface area (Å²) in [6, 6.07) is 19.5. The van der Waals surface area contributed by atoms with E-state index in [1.54, 1.807) is 6.07 Å².